The van der Waals surface area contributed by atoms with Gasteiger partial charge in [0.05, 0.1) is 5.92 Å². The monoisotopic (exact) mass is 543 g/mol. The van der Waals surface area contributed by atoms with Crippen LogP contribution in [0.3, 0.4) is 0 Å². The zero-order valence-corrected chi connectivity index (χ0v) is 23.3. The number of hydrogen-bond donors (Lipinski definition) is 2. The summed E-state index contributed by atoms with van der Waals surface area (Å²) in [5, 5.41) is 13.5. The van der Waals surface area contributed by atoms with Gasteiger partial charge < -0.3 is 29.4 Å². The second-order valence-electron chi connectivity index (χ2n) is 10.2. The number of nitrogens with one attached hydrogen (secondary N) is 1. The Kier molecular flexibility index (Phi) is 8.72. The van der Waals surface area contributed by atoms with E-state index in [1.807, 2.05) is 74.6 Å². The van der Waals surface area contributed by atoms with E-state index in [1.54, 1.807) is 0 Å². The van der Waals surface area contributed by atoms with Crippen molar-refractivity contribution >= 4 is 17.1 Å². The predicted molar refractivity (Wildman–Crippen MR) is 155 cm³/mol. The molecule has 2 aliphatic rings. The summed E-state index contributed by atoms with van der Waals surface area (Å²) in [4.78, 5) is 12.2. The first-order chi connectivity index (χ1) is 19.5. The van der Waals surface area contributed by atoms with Crippen LogP contribution in [-0.4, -0.2) is 43.7 Å². The van der Waals surface area contributed by atoms with Gasteiger partial charge in [0.25, 0.3) is 0 Å². The van der Waals surface area contributed by atoms with Crippen molar-refractivity contribution in [3.05, 3.63) is 83.4 Å². The molecule has 5 rings (SSSR count). The van der Waals surface area contributed by atoms with Crippen molar-refractivity contribution < 1.29 is 28.8 Å². The molecule has 7 heteroatoms. The third kappa shape index (κ3) is 6.32. The highest BCUT2D eigenvalue weighted by molar-refractivity contribution is 5.99. The highest BCUT2D eigenvalue weighted by Gasteiger charge is 2.31. The molecule has 210 valence electrons. The molecule has 1 saturated carbocycles. The van der Waals surface area contributed by atoms with Crippen LogP contribution in [0.4, 0.5) is 0 Å². The Morgan fingerprint density at radius 3 is 2.15 bits per heavy atom. The predicted octanol–water partition coefficient (Wildman–Crippen LogP) is 5.84. The fraction of sp³-hybridized carbons (Fsp3) is 0.364. The molecular weight excluding hydrogens is 506 g/mol. The van der Waals surface area contributed by atoms with Crippen LogP contribution in [-0.2, 0) is 4.79 Å². The molecule has 7 nitrogen and oxygen atoms in total. The first-order valence-electron chi connectivity index (χ1n) is 14.0. The summed E-state index contributed by atoms with van der Waals surface area (Å²) in [7, 11) is 1.84. The van der Waals surface area contributed by atoms with Gasteiger partial charge in [-0.2, -0.15) is 0 Å². The van der Waals surface area contributed by atoms with Crippen molar-refractivity contribution in [3.8, 4) is 23.0 Å². The van der Waals surface area contributed by atoms with E-state index in [4.69, 9.17) is 18.9 Å². The zero-order valence-electron chi connectivity index (χ0n) is 23.3. The summed E-state index contributed by atoms with van der Waals surface area (Å²) >= 11 is 0. The Hall–Kier alpha value is -3.81. The SMILES string of the molecule is CCC(=C(c1ccc(OCC(O)C(CC)NC)cc1)c1ccc(OC(=O)C2CC2)cc1)c1ccc2c(c1)OCO2. The lowest BCUT2D eigenvalue weighted by Gasteiger charge is -2.21. The molecule has 3 aromatic rings. The van der Waals surface area contributed by atoms with Crippen molar-refractivity contribution in [1.82, 2.24) is 5.32 Å². The van der Waals surface area contributed by atoms with E-state index in [9.17, 15) is 9.90 Å². The first kappa shape index (κ1) is 27.7. The molecule has 1 aliphatic heterocycles. The molecule has 0 saturated heterocycles. The number of esters is 1. The Bertz CT molecular complexity index is 1340. The van der Waals surface area contributed by atoms with Crippen molar-refractivity contribution in [1.29, 1.82) is 0 Å². The van der Waals surface area contributed by atoms with Gasteiger partial charge in [-0.1, -0.05) is 44.2 Å². The van der Waals surface area contributed by atoms with Crippen LogP contribution in [0.15, 0.2) is 66.7 Å². The number of ether oxygens (including phenoxy) is 4. The summed E-state index contributed by atoms with van der Waals surface area (Å²) in [6, 6.07) is 21.7. The second-order valence-corrected chi connectivity index (χ2v) is 10.2. The lowest BCUT2D eigenvalue weighted by Crippen LogP contribution is -2.40. The Balaban J connectivity index is 1.46. The molecule has 2 unspecified atom stereocenters. The molecular formula is C33H37NO6. The van der Waals surface area contributed by atoms with Crippen LogP contribution in [0.25, 0.3) is 11.1 Å². The Labute approximate surface area is 235 Å². The summed E-state index contributed by atoms with van der Waals surface area (Å²) in [6.07, 6.45) is 2.81. The maximum Gasteiger partial charge on any atom is 0.314 e. The number of carbonyl (C=O) groups excluding carboxylic acids is 1. The van der Waals surface area contributed by atoms with Gasteiger partial charge in [0.1, 0.15) is 24.2 Å². The number of hydrogen-bond acceptors (Lipinski definition) is 7. The number of fused-ring (bicyclic) bond motifs is 1. The smallest absolute Gasteiger partial charge is 0.314 e. The van der Waals surface area contributed by atoms with Crippen molar-refractivity contribution in [2.45, 2.75) is 51.7 Å². The Morgan fingerprint density at radius 2 is 1.55 bits per heavy atom. The third-order valence-corrected chi connectivity index (χ3v) is 7.49. The average molecular weight is 544 g/mol. The minimum absolute atomic E-state index is 0.0193. The molecule has 40 heavy (non-hydrogen) atoms. The van der Waals surface area contributed by atoms with E-state index in [0.717, 1.165) is 65.0 Å². The van der Waals surface area contributed by atoms with Crippen molar-refractivity contribution in [3.63, 3.8) is 0 Å². The largest absolute Gasteiger partial charge is 0.491 e. The van der Waals surface area contributed by atoms with Crippen LogP contribution in [0.1, 0.15) is 56.2 Å². The molecule has 1 heterocycles. The number of likely N-dealkylation sites (N-methyl/N-ethyl adjacent to an activating group) is 1. The highest BCUT2D eigenvalue weighted by Crippen LogP contribution is 2.40. The summed E-state index contributed by atoms with van der Waals surface area (Å²) < 4.78 is 22.7. The number of aliphatic hydroxyl groups is 1. The standard InChI is InChI=1S/C33H37NO6/c1-4-27(24-12-17-30-31(18-24)39-20-38-30)32(22-10-15-26(16-11-22)40-33(36)23-6-7-23)21-8-13-25(14-9-21)37-19-29(35)28(5-2)34-3/h8-18,23,28-29,34-35H,4-7,19-20H2,1-3H3. The molecule has 1 aliphatic carbocycles. The molecule has 2 N–H and O–H groups in total. The molecule has 0 radical (unpaired) electrons. The minimum atomic E-state index is -0.602. The summed E-state index contributed by atoms with van der Waals surface area (Å²) in [6.45, 7) is 4.60. The summed E-state index contributed by atoms with van der Waals surface area (Å²) in [5.41, 5.74) is 5.28. The van der Waals surface area contributed by atoms with E-state index in [1.165, 1.54) is 0 Å². The van der Waals surface area contributed by atoms with Crippen LogP contribution in [0.2, 0.25) is 0 Å². The van der Waals surface area contributed by atoms with Crippen molar-refractivity contribution in [2.75, 3.05) is 20.4 Å². The quantitative estimate of drug-likeness (QED) is 0.169. The molecule has 0 aromatic heterocycles. The van der Waals surface area contributed by atoms with Gasteiger partial charge in [-0.3, -0.25) is 4.79 Å². The highest BCUT2D eigenvalue weighted by atomic mass is 16.7. The maximum atomic E-state index is 12.2. The fourth-order valence-electron chi connectivity index (χ4n) is 5.02. The van der Waals surface area contributed by atoms with Crippen LogP contribution >= 0.6 is 0 Å². The molecule has 0 spiro atoms. The molecule has 1 fully saturated rings. The third-order valence-electron chi connectivity index (χ3n) is 7.49. The van der Waals surface area contributed by atoms with Crippen LogP contribution in [0, 0.1) is 5.92 Å². The van der Waals surface area contributed by atoms with Gasteiger partial charge in [0, 0.05) is 6.04 Å². The number of aliphatic hydroxyl groups excluding tert-OH is 1. The molecule has 3 aromatic carbocycles. The van der Waals surface area contributed by atoms with Gasteiger partial charge in [-0.25, -0.2) is 0 Å². The molecule has 0 bridgehead atoms. The van der Waals surface area contributed by atoms with E-state index in [2.05, 4.69) is 18.3 Å². The number of benzene rings is 3. The van der Waals surface area contributed by atoms with E-state index in [-0.39, 0.29) is 31.3 Å². The van der Waals surface area contributed by atoms with Gasteiger partial charge in [-0.15, -0.1) is 0 Å². The Morgan fingerprint density at radius 1 is 0.925 bits per heavy atom. The van der Waals surface area contributed by atoms with Crippen LogP contribution in [0.5, 0.6) is 23.0 Å². The van der Waals surface area contributed by atoms with Gasteiger partial charge in [0.2, 0.25) is 6.79 Å². The van der Waals surface area contributed by atoms with Crippen LogP contribution < -0.4 is 24.3 Å². The summed E-state index contributed by atoms with van der Waals surface area (Å²) in [5.74, 6) is 2.61. The molecule has 0 amide bonds. The van der Waals surface area contributed by atoms with Gasteiger partial charge in [-0.05, 0) is 97.0 Å². The van der Waals surface area contributed by atoms with Gasteiger partial charge >= 0.3 is 5.97 Å². The maximum absolute atomic E-state index is 12.2. The average Bonchev–Trinajstić information content (AvgIpc) is 3.74. The van der Waals surface area contributed by atoms with Crippen molar-refractivity contribution in [2.24, 2.45) is 5.92 Å². The lowest BCUT2D eigenvalue weighted by atomic mass is 9.88. The van der Waals surface area contributed by atoms with Gasteiger partial charge in [0.15, 0.2) is 11.5 Å². The topological polar surface area (TPSA) is 86.2 Å². The number of rotatable bonds is 12. The van der Waals surface area contributed by atoms with E-state index in [0.29, 0.717) is 11.5 Å². The van der Waals surface area contributed by atoms with E-state index >= 15 is 0 Å². The van der Waals surface area contributed by atoms with E-state index < -0.39 is 6.10 Å². The first-order valence-corrected chi connectivity index (χ1v) is 14.0. The minimum Gasteiger partial charge on any atom is -0.491 e. The normalized spacial score (nSPS) is 16.2. The number of carbonyl (C=O) groups is 1. The lowest BCUT2D eigenvalue weighted by molar-refractivity contribution is -0.135. The zero-order chi connectivity index (χ0) is 28.1. The fourth-order valence-corrected chi connectivity index (χ4v) is 5.02. The number of allylic oxidation sites excluding steroid dienone is 1. The molecule has 2 atom stereocenters. The second kappa shape index (κ2) is 12.6.